The molecule has 3 aromatic rings. The van der Waals surface area contributed by atoms with E-state index in [9.17, 15) is 9.59 Å². The second-order valence-corrected chi connectivity index (χ2v) is 7.16. The Morgan fingerprint density at radius 3 is 2.75 bits per heavy atom. The normalized spacial score (nSPS) is 17.1. The van der Waals surface area contributed by atoms with Crippen LogP contribution in [0.1, 0.15) is 29.0 Å². The number of fused-ring (bicyclic) bond motifs is 1. The van der Waals surface area contributed by atoms with Gasteiger partial charge in [0, 0.05) is 36.6 Å². The third kappa shape index (κ3) is 3.19. The Labute approximate surface area is 167 Å². The van der Waals surface area contributed by atoms with Gasteiger partial charge in [-0.1, -0.05) is 41.9 Å². The van der Waals surface area contributed by atoms with Crippen LogP contribution in [0.2, 0.25) is 5.02 Å². The van der Waals surface area contributed by atoms with Crippen molar-refractivity contribution in [2.45, 2.75) is 19.5 Å². The second kappa shape index (κ2) is 7.73. The number of amides is 1. The van der Waals surface area contributed by atoms with Gasteiger partial charge in [-0.2, -0.15) is 5.10 Å². The zero-order chi connectivity index (χ0) is 19.7. The minimum absolute atomic E-state index is 0.0421. The van der Waals surface area contributed by atoms with Gasteiger partial charge in [0.25, 0.3) is 5.91 Å². The molecular formula is C21H21ClN4O2. The van der Waals surface area contributed by atoms with Crippen LogP contribution in [0.5, 0.6) is 0 Å². The predicted molar refractivity (Wildman–Crippen MR) is 110 cm³/mol. The number of nitrogens with zero attached hydrogens (tertiary/aromatic N) is 3. The summed E-state index contributed by atoms with van der Waals surface area (Å²) < 4.78 is 1.71. The number of piperazine rings is 1. The second-order valence-electron chi connectivity index (χ2n) is 6.75. The monoisotopic (exact) mass is 396 g/mol. The Morgan fingerprint density at radius 2 is 1.96 bits per heavy atom. The molecule has 1 aliphatic heterocycles. The lowest BCUT2D eigenvalue weighted by molar-refractivity contribution is 0.0624. The lowest BCUT2D eigenvalue weighted by atomic mass is 10.0. The first kappa shape index (κ1) is 18.7. The lowest BCUT2D eigenvalue weighted by Gasteiger charge is -2.36. The number of halogens is 1. The molecular weight excluding hydrogens is 376 g/mol. The topological polar surface area (TPSA) is 67.2 Å². The van der Waals surface area contributed by atoms with E-state index in [-0.39, 0.29) is 23.1 Å². The molecule has 0 saturated carbocycles. The maximum atomic E-state index is 13.4. The number of hydrogen-bond donors (Lipinski definition) is 1. The van der Waals surface area contributed by atoms with Gasteiger partial charge in [0.2, 0.25) is 5.43 Å². The van der Waals surface area contributed by atoms with E-state index in [4.69, 9.17) is 11.6 Å². The van der Waals surface area contributed by atoms with Crippen molar-refractivity contribution in [3.8, 4) is 0 Å². The molecule has 144 valence electrons. The Balaban J connectivity index is 1.81. The van der Waals surface area contributed by atoms with Crippen LogP contribution in [0.4, 0.5) is 0 Å². The predicted octanol–water partition coefficient (Wildman–Crippen LogP) is 2.86. The van der Waals surface area contributed by atoms with Crippen molar-refractivity contribution >= 4 is 28.4 Å². The fourth-order valence-corrected chi connectivity index (χ4v) is 3.99. The smallest absolute Gasteiger partial charge is 0.279 e. The molecule has 0 bridgehead atoms. The maximum absolute atomic E-state index is 13.4. The van der Waals surface area contributed by atoms with Crippen molar-refractivity contribution in [2.75, 3.05) is 19.6 Å². The third-order valence-electron chi connectivity index (χ3n) is 5.13. The van der Waals surface area contributed by atoms with E-state index in [0.29, 0.717) is 36.6 Å². The lowest BCUT2D eigenvalue weighted by Crippen LogP contribution is -2.50. The molecule has 28 heavy (non-hydrogen) atoms. The molecule has 2 aromatic carbocycles. The Hall–Kier alpha value is -2.70. The molecule has 1 N–H and O–H groups in total. The minimum atomic E-state index is -0.357. The fourth-order valence-electron chi connectivity index (χ4n) is 3.73. The van der Waals surface area contributed by atoms with Crippen molar-refractivity contribution in [2.24, 2.45) is 0 Å². The van der Waals surface area contributed by atoms with Crippen LogP contribution in [0.3, 0.4) is 0 Å². The largest absolute Gasteiger partial charge is 0.327 e. The van der Waals surface area contributed by atoms with Gasteiger partial charge in [-0.05, 0) is 30.7 Å². The molecule has 1 aromatic heterocycles. The maximum Gasteiger partial charge on any atom is 0.279 e. The zero-order valence-electron chi connectivity index (χ0n) is 15.6. The van der Waals surface area contributed by atoms with Gasteiger partial charge < -0.3 is 10.2 Å². The molecule has 1 fully saturated rings. The van der Waals surface area contributed by atoms with Crippen LogP contribution in [-0.4, -0.2) is 40.2 Å². The zero-order valence-corrected chi connectivity index (χ0v) is 16.3. The van der Waals surface area contributed by atoms with Crippen LogP contribution in [0.25, 0.3) is 10.9 Å². The quantitative estimate of drug-likeness (QED) is 0.739. The summed E-state index contributed by atoms with van der Waals surface area (Å²) in [5.74, 6) is -0.357. The van der Waals surface area contributed by atoms with Crippen LogP contribution < -0.4 is 10.7 Å². The summed E-state index contributed by atoms with van der Waals surface area (Å²) in [5.41, 5.74) is 1.22. The Bertz CT molecular complexity index is 1100. The first-order valence-corrected chi connectivity index (χ1v) is 9.75. The van der Waals surface area contributed by atoms with Crippen molar-refractivity contribution in [1.82, 2.24) is 20.0 Å². The van der Waals surface area contributed by atoms with Crippen molar-refractivity contribution in [3.05, 3.63) is 75.0 Å². The van der Waals surface area contributed by atoms with E-state index < -0.39 is 0 Å². The number of aromatic nitrogens is 2. The van der Waals surface area contributed by atoms with Crippen LogP contribution in [-0.2, 0) is 6.54 Å². The van der Waals surface area contributed by atoms with Crippen LogP contribution >= 0.6 is 11.6 Å². The van der Waals surface area contributed by atoms with E-state index in [0.717, 1.165) is 11.1 Å². The molecule has 0 aliphatic carbocycles. The first-order chi connectivity index (χ1) is 13.6. The number of benzene rings is 2. The van der Waals surface area contributed by atoms with Crippen molar-refractivity contribution < 1.29 is 4.79 Å². The molecule has 4 rings (SSSR count). The summed E-state index contributed by atoms with van der Waals surface area (Å²) in [6.07, 6.45) is 0. The summed E-state index contributed by atoms with van der Waals surface area (Å²) in [5, 5.41) is 8.82. The van der Waals surface area contributed by atoms with Gasteiger partial charge in [-0.3, -0.25) is 14.3 Å². The van der Waals surface area contributed by atoms with Gasteiger partial charge in [0.15, 0.2) is 5.69 Å². The van der Waals surface area contributed by atoms with Gasteiger partial charge in [-0.15, -0.1) is 0 Å². The molecule has 0 spiro atoms. The van der Waals surface area contributed by atoms with Gasteiger partial charge >= 0.3 is 0 Å². The summed E-state index contributed by atoms with van der Waals surface area (Å²) in [4.78, 5) is 28.1. The highest BCUT2D eigenvalue weighted by atomic mass is 35.5. The number of nitrogens with one attached hydrogen (secondary N) is 1. The summed E-state index contributed by atoms with van der Waals surface area (Å²) in [7, 11) is 0. The van der Waals surface area contributed by atoms with E-state index in [1.807, 2.05) is 43.3 Å². The van der Waals surface area contributed by atoms with Crippen molar-refractivity contribution in [3.63, 3.8) is 0 Å². The molecule has 6 nitrogen and oxygen atoms in total. The highest BCUT2D eigenvalue weighted by Gasteiger charge is 2.32. The molecule has 1 amide bonds. The molecule has 7 heteroatoms. The number of rotatable bonds is 3. The fraction of sp³-hybridized carbons (Fsp3) is 0.286. The Kier molecular flexibility index (Phi) is 5.15. The van der Waals surface area contributed by atoms with Gasteiger partial charge in [-0.25, -0.2) is 0 Å². The van der Waals surface area contributed by atoms with E-state index in [1.165, 1.54) is 0 Å². The summed E-state index contributed by atoms with van der Waals surface area (Å²) in [6, 6.07) is 14.5. The number of hydrogen-bond acceptors (Lipinski definition) is 4. The van der Waals surface area contributed by atoms with Crippen molar-refractivity contribution in [1.29, 1.82) is 0 Å². The molecule has 2 heterocycles. The molecule has 0 radical (unpaired) electrons. The van der Waals surface area contributed by atoms with E-state index >= 15 is 0 Å². The first-order valence-electron chi connectivity index (χ1n) is 9.37. The Morgan fingerprint density at radius 1 is 1.21 bits per heavy atom. The van der Waals surface area contributed by atoms with Crippen LogP contribution in [0, 0.1) is 0 Å². The number of carbonyl (C=O) groups excluding carboxylic acids is 1. The average Bonchev–Trinajstić information content (AvgIpc) is 2.74. The standard InChI is InChI=1S/C21H21ClN4O2/c1-2-26-17-10-6-4-8-15(17)20(27)19(24-26)21(28)25-12-11-23-13-18(25)14-7-3-5-9-16(14)22/h3-10,18,23H,2,11-13H2,1H3. The molecule has 1 aliphatic rings. The van der Waals surface area contributed by atoms with Crippen LogP contribution in [0.15, 0.2) is 53.3 Å². The number of carbonyl (C=O) groups is 1. The SMILES string of the molecule is CCn1nc(C(=O)N2CCNCC2c2ccccc2Cl)c(=O)c2ccccc21. The van der Waals surface area contributed by atoms with Gasteiger partial charge in [0.1, 0.15) is 0 Å². The highest BCUT2D eigenvalue weighted by Crippen LogP contribution is 2.29. The summed E-state index contributed by atoms with van der Waals surface area (Å²) in [6.45, 7) is 4.22. The minimum Gasteiger partial charge on any atom is -0.327 e. The van der Waals surface area contributed by atoms with Gasteiger partial charge in [0.05, 0.1) is 11.6 Å². The summed E-state index contributed by atoms with van der Waals surface area (Å²) >= 11 is 6.38. The molecule has 1 saturated heterocycles. The number of aryl methyl sites for hydroxylation is 1. The average molecular weight is 397 g/mol. The van der Waals surface area contributed by atoms with E-state index in [2.05, 4.69) is 10.4 Å². The molecule has 1 unspecified atom stereocenters. The third-order valence-corrected chi connectivity index (χ3v) is 5.48. The number of para-hydroxylation sites is 1. The highest BCUT2D eigenvalue weighted by molar-refractivity contribution is 6.31. The molecule has 1 atom stereocenters. The van der Waals surface area contributed by atoms with E-state index in [1.54, 1.807) is 21.7 Å².